The minimum absolute atomic E-state index is 0.280. The molecule has 0 spiro atoms. The molecule has 37 heavy (non-hydrogen) atoms. The highest BCUT2D eigenvalue weighted by molar-refractivity contribution is 5.80. The number of rotatable bonds is 9. The molecule has 2 aromatic carbocycles. The first-order valence-corrected chi connectivity index (χ1v) is 12.2. The van der Waals surface area contributed by atoms with Crippen LogP contribution in [-0.4, -0.2) is 53.0 Å². The molecule has 1 N–H and O–H groups in total. The van der Waals surface area contributed by atoms with E-state index in [9.17, 15) is 9.59 Å². The summed E-state index contributed by atoms with van der Waals surface area (Å²) in [6.07, 6.45) is 0.620. The second-order valence-electron chi connectivity index (χ2n) is 8.61. The van der Waals surface area contributed by atoms with Crippen molar-refractivity contribution in [2.45, 2.75) is 39.9 Å². The van der Waals surface area contributed by atoms with Crippen LogP contribution in [0.25, 0.3) is 33.7 Å². The lowest BCUT2D eigenvalue weighted by Gasteiger charge is -2.12. The summed E-state index contributed by atoms with van der Waals surface area (Å²) in [5.74, 6) is 1.35. The van der Waals surface area contributed by atoms with Crippen LogP contribution in [0.5, 0.6) is 0 Å². The van der Waals surface area contributed by atoms with Crippen molar-refractivity contribution in [2.75, 3.05) is 13.7 Å². The van der Waals surface area contributed by atoms with E-state index >= 15 is 0 Å². The molecular weight excluding hydrogens is 472 g/mol. The van der Waals surface area contributed by atoms with Gasteiger partial charge in [0.25, 0.3) is 5.56 Å². The fourth-order valence-electron chi connectivity index (χ4n) is 4.63. The van der Waals surface area contributed by atoms with Crippen LogP contribution < -0.4 is 11.2 Å². The number of methoxy groups -OCH3 is 1. The van der Waals surface area contributed by atoms with Crippen molar-refractivity contribution in [1.29, 1.82) is 0 Å². The van der Waals surface area contributed by atoms with Gasteiger partial charge >= 0.3 is 5.69 Å². The zero-order valence-electron chi connectivity index (χ0n) is 21.0. The average Bonchev–Trinajstić information content (AvgIpc) is 3.58. The van der Waals surface area contributed by atoms with Gasteiger partial charge in [-0.05, 0) is 34.0 Å². The first-order chi connectivity index (χ1) is 18.1. The summed E-state index contributed by atoms with van der Waals surface area (Å²) in [4.78, 5) is 31.1. The van der Waals surface area contributed by atoms with Crippen LogP contribution in [0.3, 0.4) is 0 Å². The Morgan fingerprint density at radius 2 is 1.70 bits per heavy atom. The molecule has 190 valence electrons. The highest BCUT2D eigenvalue weighted by Crippen LogP contribution is 2.30. The maximum Gasteiger partial charge on any atom is 0.332 e. The van der Waals surface area contributed by atoms with Gasteiger partial charge in [0.15, 0.2) is 17.0 Å². The number of aryl methyl sites for hydroxylation is 1. The topological polar surface area (TPSA) is 126 Å². The van der Waals surface area contributed by atoms with Crippen LogP contribution >= 0.6 is 0 Å². The van der Waals surface area contributed by atoms with E-state index in [0.29, 0.717) is 43.1 Å². The summed E-state index contributed by atoms with van der Waals surface area (Å²) in [6.45, 7) is 5.19. The van der Waals surface area contributed by atoms with Gasteiger partial charge in [-0.15, -0.1) is 5.10 Å². The van der Waals surface area contributed by atoms with Gasteiger partial charge in [-0.3, -0.25) is 13.9 Å². The Morgan fingerprint density at radius 3 is 2.35 bits per heavy atom. The standard InChI is InChI=1S/C26H28N8O3/c1-4-21-27-24-22(25(35)32(5-2)26(36)33(24)14-15-37-3)34(21)16-17-10-12-18(13-11-17)19-8-6-7-9-20(19)23-28-30-31-29-23/h6-13H,4-5,14-16H2,1-3H3,(H,28,29,30,31). The van der Waals surface area contributed by atoms with E-state index in [-0.39, 0.29) is 17.8 Å². The van der Waals surface area contributed by atoms with E-state index in [4.69, 9.17) is 9.72 Å². The van der Waals surface area contributed by atoms with Gasteiger partial charge in [0.2, 0.25) is 0 Å². The lowest BCUT2D eigenvalue weighted by molar-refractivity contribution is 0.186. The highest BCUT2D eigenvalue weighted by atomic mass is 16.5. The van der Waals surface area contributed by atoms with Crippen molar-refractivity contribution in [1.82, 2.24) is 39.3 Å². The lowest BCUT2D eigenvalue weighted by Crippen LogP contribution is -2.40. The normalized spacial score (nSPS) is 11.4. The number of aromatic nitrogens is 8. The van der Waals surface area contributed by atoms with Gasteiger partial charge in [-0.1, -0.05) is 55.5 Å². The lowest BCUT2D eigenvalue weighted by atomic mass is 9.98. The molecule has 0 aliphatic carbocycles. The van der Waals surface area contributed by atoms with Crippen LogP contribution in [0.2, 0.25) is 0 Å². The van der Waals surface area contributed by atoms with Crippen LogP contribution in [0, 0.1) is 0 Å². The fraction of sp³-hybridized carbons (Fsp3) is 0.308. The molecule has 0 amide bonds. The SMILES string of the molecule is CCc1nc2c(c(=O)n(CC)c(=O)n2CCOC)n1Cc1ccc(-c2ccccc2-c2nnn[nH]2)cc1. The van der Waals surface area contributed by atoms with Crippen molar-refractivity contribution in [3.05, 3.63) is 80.8 Å². The van der Waals surface area contributed by atoms with Crippen molar-refractivity contribution in [2.24, 2.45) is 0 Å². The van der Waals surface area contributed by atoms with Crippen molar-refractivity contribution in [3.8, 4) is 22.5 Å². The minimum atomic E-state index is -0.366. The third-order valence-electron chi connectivity index (χ3n) is 6.48. The largest absolute Gasteiger partial charge is 0.383 e. The molecule has 5 aromatic rings. The molecule has 11 heteroatoms. The Kier molecular flexibility index (Phi) is 6.78. The van der Waals surface area contributed by atoms with E-state index in [0.717, 1.165) is 28.1 Å². The number of imidazole rings is 1. The number of hydrogen-bond donors (Lipinski definition) is 1. The van der Waals surface area contributed by atoms with E-state index in [1.165, 1.54) is 9.13 Å². The van der Waals surface area contributed by atoms with Gasteiger partial charge < -0.3 is 9.30 Å². The van der Waals surface area contributed by atoms with Gasteiger partial charge in [-0.2, -0.15) is 0 Å². The van der Waals surface area contributed by atoms with Crippen molar-refractivity contribution < 1.29 is 4.74 Å². The maximum absolute atomic E-state index is 13.4. The third-order valence-corrected chi connectivity index (χ3v) is 6.48. The summed E-state index contributed by atoms with van der Waals surface area (Å²) in [7, 11) is 1.58. The smallest absolute Gasteiger partial charge is 0.332 e. The molecule has 5 rings (SSSR count). The summed E-state index contributed by atoms with van der Waals surface area (Å²) in [5, 5.41) is 14.3. The Morgan fingerprint density at radius 1 is 0.946 bits per heavy atom. The Balaban J connectivity index is 1.56. The highest BCUT2D eigenvalue weighted by Gasteiger charge is 2.21. The van der Waals surface area contributed by atoms with Crippen molar-refractivity contribution in [3.63, 3.8) is 0 Å². The molecule has 0 saturated carbocycles. The number of benzene rings is 2. The predicted molar refractivity (Wildman–Crippen MR) is 139 cm³/mol. The number of H-pyrrole nitrogens is 1. The zero-order chi connectivity index (χ0) is 25.9. The van der Waals surface area contributed by atoms with E-state index in [1.54, 1.807) is 14.0 Å². The van der Waals surface area contributed by atoms with Gasteiger partial charge in [-0.25, -0.2) is 14.9 Å². The molecule has 0 unspecified atom stereocenters. The Labute approximate surface area is 212 Å². The number of fused-ring (bicyclic) bond motifs is 1. The molecule has 3 heterocycles. The number of nitrogens with one attached hydrogen (secondary N) is 1. The molecule has 3 aromatic heterocycles. The molecular formula is C26H28N8O3. The molecule has 0 saturated heterocycles. The Bertz CT molecular complexity index is 1650. The monoisotopic (exact) mass is 500 g/mol. The molecule has 0 radical (unpaired) electrons. The van der Waals surface area contributed by atoms with Gasteiger partial charge in [0.05, 0.1) is 13.2 Å². The molecule has 11 nitrogen and oxygen atoms in total. The average molecular weight is 501 g/mol. The summed E-state index contributed by atoms with van der Waals surface area (Å²) >= 11 is 0. The maximum atomic E-state index is 13.4. The fourth-order valence-corrected chi connectivity index (χ4v) is 4.63. The first-order valence-electron chi connectivity index (χ1n) is 12.2. The summed E-state index contributed by atoms with van der Waals surface area (Å²) in [5.41, 5.74) is 4.08. The number of hydrogen-bond acceptors (Lipinski definition) is 7. The molecule has 0 bridgehead atoms. The van der Waals surface area contributed by atoms with E-state index in [1.807, 2.05) is 60.0 Å². The minimum Gasteiger partial charge on any atom is -0.383 e. The second-order valence-corrected chi connectivity index (χ2v) is 8.61. The number of aromatic amines is 1. The van der Waals surface area contributed by atoms with E-state index in [2.05, 4.69) is 20.6 Å². The molecule has 0 fully saturated rings. The zero-order valence-corrected chi connectivity index (χ0v) is 21.0. The quantitative estimate of drug-likeness (QED) is 0.330. The van der Waals surface area contributed by atoms with Crippen LogP contribution in [0.4, 0.5) is 0 Å². The van der Waals surface area contributed by atoms with Gasteiger partial charge in [0, 0.05) is 32.2 Å². The van der Waals surface area contributed by atoms with Crippen LogP contribution in [0.1, 0.15) is 25.2 Å². The van der Waals surface area contributed by atoms with Gasteiger partial charge in [0.1, 0.15) is 5.82 Å². The van der Waals surface area contributed by atoms with Crippen molar-refractivity contribution >= 4 is 11.2 Å². The number of nitrogens with zero attached hydrogens (tertiary/aromatic N) is 7. The third kappa shape index (κ3) is 4.38. The molecule has 0 aliphatic rings. The molecule has 0 aliphatic heterocycles. The summed E-state index contributed by atoms with van der Waals surface area (Å²) in [6, 6.07) is 16.1. The number of ether oxygens (including phenoxy) is 1. The van der Waals surface area contributed by atoms with Crippen LogP contribution in [-0.2, 0) is 30.8 Å². The first kappa shape index (κ1) is 24.3. The Hall–Kier alpha value is -4.38. The molecule has 0 atom stereocenters. The summed E-state index contributed by atoms with van der Waals surface area (Å²) < 4.78 is 9.92. The van der Waals surface area contributed by atoms with E-state index < -0.39 is 0 Å². The number of tetrazole rings is 1. The second kappa shape index (κ2) is 10.3. The predicted octanol–water partition coefficient (Wildman–Crippen LogP) is 2.48. The van der Waals surface area contributed by atoms with Crippen LogP contribution in [0.15, 0.2) is 58.1 Å².